The number of nitrogens with zero attached hydrogens (tertiary/aromatic N) is 4. The summed E-state index contributed by atoms with van der Waals surface area (Å²) in [6, 6.07) is 10.2. The SMILES string of the molecule is CCNC(=NCc1csc(-c2ccccc2)n1)N1CCN(C(=O)C2CCCO2)CC1. The molecule has 7 nitrogen and oxygen atoms in total. The summed E-state index contributed by atoms with van der Waals surface area (Å²) in [5.74, 6) is 1.03. The highest BCUT2D eigenvalue weighted by Gasteiger charge is 2.30. The highest BCUT2D eigenvalue weighted by Crippen LogP contribution is 2.23. The zero-order valence-electron chi connectivity index (χ0n) is 17.4. The third-order valence-electron chi connectivity index (χ3n) is 5.39. The summed E-state index contributed by atoms with van der Waals surface area (Å²) in [5, 5.41) is 6.48. The van der Waals surface area contributed by atoms with Gasteiger partial charge < -0.3 is 19.9 Å². The molecule has 0 bridgehead atoms. The summed E-state index contributed by atoms with van der Waals surface area (Å²) in [7, 11) is 0. The van der Waals surface area contributed by atoms with E-state index in [0.717, 1.165) is 54.7 Å². The molecule has 0 radical (unpaired) electrons. The zero-order chi connectivity index (χ0) is 20.8. The number of ether oxygens (including phenoxy) is 1. The number of rotatable bonds is 5. The van der Waals surface area contributed by atoms with E-state index in [1.54, 1.807) is 11.3 Å². The number of piperazine rings is 1. The normalized spacial score (nSPS) is 19.9. The molecule has 30 heavy (non-hydrogen) atoms. The van der Waals surface area contributed by atoms with E-state index in [4.69, 9.17) is 14.7 Å². The van der Waals surface area contributed by atoms with Crippen molar-refractivity contribution in [3.8, 4) is 10.6 Å². The fraction of sp³-hybridized carbons (Fsp3) is 0.500. The minimum atomic E-state index is -0.234. The van der Waals surface area contributed by atoms with E-state index in [0.29, 0.717) is 26.2 Å². The van der Waals surface area contributed by atoms with Crippen molar-refractivity contribution >= 4 is 23.2 Å². The van der Waals surface area contributed by atoms with Gasteiger partial charge in [0.05, 0.1) is 12.2 Å². The molecule has 160 valence electrons. The second kappa shape index (κ2) is 10.0. The number of hydrogen-bond acceptors (Lipinski definition) is 5. The molecule has 1 aromatic carbocycles. The van der Waals surface area contributed by atoms with E-state index in [-0.39, 0.29) is 12.0 Å². The van der Waals surface area contributed by atoms with E-state index in [1.807, 2.05) is 23.1 Å². The lowest BCUT2D eigenvalue weighted by Crippen LogP contribution is -2.55. The fourth-order valence-electron chi connectivity index (χ4n) is 3.79. The Hall–Kier alpha value is -2.45. The maximum atomic E-state index is 12.6. The Labute approximate surface area is 181 Å². The number of thiazole rings is 1. The number of carbonyl (C=O) groups excluding carboxylic acids is 1. The van der Waals surface area contributed by atoms with Crippen molar-refractivity contribution in [1.29, 1.82) is 0 Å². The third-order valence-corrected chi connectivity index (χ3v) is 6.33. The van der Waals surface area contributed by atoms with Gasteiger partial charge >= 0.3 is 0 Å². The number of guanidine groups is 1. The molecule has 4 rings (SSSR count). The Balaban J connectivity index is 1.35. The van der Waals surface area contributed by atoms with Crippen LogP contribution in [0.15, 0.2) is 40.7 Å². The van der Waals surface area contributed by atoms with Gasteiger partial charge in [0.25, 0.3) is 5.91 Å². The Morgan fingerprint density at radius 2 is 2.00 bits per heavy atom. The largest absolute Gasteiger partial charge is 0.368 e. The average Bonchev–Trinajstić information content (AvgIpc) is 3.49. The molecule has 8 heteroatoms. The average molecular weight is 428 g/mol. The molecule has 0 saturated carbocycles. The van der Waals surface area contributed by atoms with Crippen LogP contribution in [-0.2, 0) is 16.1 Å². The number of benzene rings is 1. The van der Waals surface area contributed by atoms with Gasteiger partial charge in [-0.25, -0.2) is 9.98 Å². The molecule has 0 aliphatic carbocycles. The van der Waals surface area contributed by atoms with Gasteiger partial charge in [-0.2, -0.15) is 0 Å². The Bertz CT molecular complexity index is 855. The molecule has 2 aromatic rings. The Morgan fingerprint density at radius 1 is 1.23 bits per heavy atom. The lowest BCUT2D eigenvalue weighted by molar-refractivity contribution is -0.142. The van der Waals surface area contributed by atoms with Crippen LogP contribution in [0.4, 0.5) is 0 Å². The van der Waals surface area contributed by atoms with E-state index in [9.17, 15) is 4.79 Å². The van der Waals surface area contributed by atoms with Crippen LogP contribution in [0.1, 0.15) is 25.5 Å². The quantitative estimate of drug-likeness (QED) is 0.587. The Kier molecular flexibility index (Phi) is 6.96. The molecule has 2 aliphatic rings. The van der Waals surface area contributed by atoms with E-state index in [1.165, 1.54) is 0 Å². The van der Waals surface area contributed by atoms with Gasteiger partial charge in [0.2, 0.25) is 0 Å². The van der Waals surface area contributed by atoms with Crippen molar-refractivity contribution in [2.24, 2.45) is 4.99 Å². The van der Waals surface area contributed by atoms with Crippen molar-refractivity contribution in [2.45, 2.75) is 32.4 Å². The van der Waals surface area contributed by atoms with Gasteiger partial charge in [0.15, 0.2) is 5.96 Å². The van der Waals surface area contributed by atoms with Gasteiger partial charge in [-0.15, -0.1) is 11.3 Å². The predicted molar refractivity (Wildman–Crippen MR) is 119 cm³/mol. The Morgan fingerprint density at radius 3 is 2.70 bits per heavy atom. The smallest absolute Gasteiger partial charge is 0.251 e. The lowest BCUT2D eigenvalue weighted by Gasteiger charge is -2.37. The van der Waals surface area contributed by atoms with E-state index < -0.39 is 0 Å². The molecule has 1 atom stereocenters. The summed E-state index contributed by atoms with van der Waals surface area (Å²) >= 11 is 1.65. The van der Waals surface area contributed by atoms with Crippen LogP contribution in [0.25, 0.3) is 10.6 Å². The monoisotopic (exact) mass is 427 g/mol. The maximum Gasteiger partial charge on any atom is 0.251 e. The summed E-state index contributed by atoms with van der Waals surface area (Å²) in [5.41, 5.74) is 2.11. The molecule has 2 saturated heterocycles. The fourth-order valence-corrected chi connectivity index (χ4v) is 4.61. The number of amides is 1. The molecule has 1 unspecified atom stereocenters. The van der Waals surface area contributed by atoms with Crippen LogP contribution >= 0.6 is 11.3 Å². The van der Waals surface area contributed by atoms with Crippen molar-refractivity contribution in [1.82, 2.24) is 20.1 Å². The van der Waals surface area contributed by atoms with Crippen molar-refractivity contribution in [2.75, 3.05) is 39.3 Å². The topological polar surface area (TPSA) is 70.1 Å². The first-order chi connectivity index (χ1) is 14.7. The van der Waals surface area contributed by atoms with Gasteiger partial charge in [0, 0.05) is 50.3 Å². The molecule has 2 fully saturated rings. The number of hydrogen-bond donors (Lipinski definition) is 1. The number of aliphatic imine (C=N–C) groups is 1. The summed E-state index contributed by atoms with van der Waals surface area (Å²) < 4.78 is 5.56. The van der Waals surface area contributed by atoms with E-state index >= 15 is 0 Å². The minimum Gasteiger partial charge on any atom is -0.368 e. The molecule has 1 aromatic heterocycles. The van der Waals surface area contributed by atoms with Gasteiger partial charge in [-0.3, -0.25) is 4.79 Å². The van der Waals surface area contributed by atoms with Crippen LogP contribution in [0.5, 0.6) is 0 Å². The third kappa shape index (κ3) is 4.99. The van der Waals surface area contributed by atoms with Gasteiger partial charge in [-0.05, 0) is 19.8 Å². The lowest BCUT2D eigenvalue weighted by atomic mass is 10.2. The minimum absolute atomic E-state index is 0.144. The second-order valence-corrected chi connectivity index (χ2v) is 8.35. The molecule has 1 N–H and O–H groups in total. The number of nitrogens with one attached hydrogen (secondary N) is 1. The first-order valence-corrected chi connectivity index (χ1v) is 11.6. The van der Waals surface area contributed by atoms with Crippen LogP contribution in [0, 0.1) is 0 Å². The highest BCUT2D eigenvalue weighted by molar-refractivity contribution is 7.13. The van der Waals surface area contributed by atoms with Crippen LogP contribution in [0.3, 0.4) is 0 Å². The van der Waals surface area contributed by atoms with Crippen LogP contribution in [-0.4, -0.2) is 72.1 Å². The van der Waals surface area contributed by atoms with Crippen molar-refractivity contribution in [3.63, 3.8) is 0 Å². The first-order valence-electron chi connectivity index (χ1n) is 10.7. The molecular formula is C22H29N5O2S. The van der Waals surface area contributed by atoms with E-state index in [2.05, 4.69) is 34.7 Å². The zero-order valence-corrected chi connectivity index (χ0v) is 18.2. The maximum absolute atomic E-state index is 12.6. The number of aromatic nitrogens is 1. The molecule has 3 heterocycles. The summed E-state index contributed by atoms with van der Waals surface area (Å²) in [4.78, 5) is 26.3. The van der Waals surface area contributed by atoms with Crippen molar-refractivity contribution < 1.29 is 9.53 Å². The first kappa shape index (κ1) is 20.8. The summed E-state index contributed by atoms with van der Waals surface area (Å²) in [6.07, 6.45) is 1.60. The second-order valence-electron chi connectivity index (χ2n) is 7.49. The van der Waals surface area contributed by atoms with Gasteiger partial charge in [0.1, 0.15) is 11.1 Å². The standard InChI is InChI=1S/C22H29N5O2S/c1-2-23-22(24-15-18-16-30-20(25-18)17-7-4-3-5-8-17)27-12-10-26(11-13-27)21(28)19-9-6-14-29-19/h3-5,7-8,16,19H,2,6,9-15H2,1H3,(H,23,24). The number of carbonyl (C=O) groups is 1. The van der Waals surface area contributed by atoms with Crippen molar-refractivity contribution in [3.05, 3.63) is 41.4 Å². The summed E-state index contributed by atoms with van der Waals surface area (Å²) in [6.45, 7) is 7.09. The molecule has 2 aliphatic heterocycles. The predicted octanol–water partition coefficient (Wildman–Crippen LogP) is 2.60. The van der Waals surface area contributed by atoms with Crippen LogP contribution in [0.2, 0.25) is 0 Å². The molecule has 1 amide bonds. The van der Waals surface area contributed by atoms with Gasteiger partial charge in [-0.1, -0.05) is 30.3 Å². The molecule has 0 spiro atoms. The molecular weight excluding hydrogens is 398 g/mol. The highest BCUT2D eigenvalue weighted by atomic mass is 32.1. The van der Waals surface area contributed by atoms with Crippen LogP contribution < -0.4 is 5.32 Å².